The normalized spacial score (nSPS) is 19.7. The number of nitrogens with zero attached hydrogens (tertiary/aromatic N) is 1. The van der Waals surface area contributed by atoms with Gasteiger partial charge >= 0.3 is 0 Å². The number of carbonyl (C=O) groups is 1. The maximum absolute atomic E-state index is 12.0. The van der Waals surface area contributed by atoms with Crippen LogP contribution in [-0.4, -0.2) is 43.0 Å². The lowest BCUT2D eigenvalue weighted by Gasteiger charge is -2.32. The van der Waals surface area contributed by atoms with Gasteiger partial charge in [0.15, 0.2) is 0 Å². The van der Waals surface area contributed by atoms with E-state index in [4.69, 9.17) is 11.6 Å². The van der Waals surface area contributed by atoms with Gasteiger partial charge < -0.3 is 15.5 Å². The number of anilines is 1. The van der Waals surface area contributed by atoms with Crippen LogP contribution in [0.3, 0.4) is 0 Å². The number of hydrogen-bond acceptors (Lipinski definition) is 3. The summed E-state index contributed by atoms with van der Waals surface area (Å²) in [5, 5.41) is 7.24. The van der Waals surface area contributed by atoms with Gasteiger partial charge in [0, 0.05) is 29.7 Å². The number of hydrogen-bond donors (Lipinski definition) is 2. The first-order valence-corrected chi connectivity index (χ1v) is 9.08. The fourth-order valence-electron chi connectivity index (χ4n) is 3.07. The highest BCUT2D eigenvalue weighted by Gasteiger charge is 2.24. The molecule has 1 amide bonds. The molecule has 2 fully saturated rings. The van der Waals surface area contributed by atoms with Crippen LogP contribution in [0, 0.1) is 5.92 Å². The highest BCUT2D eigenvalue weighted by atomic mass is 35.5. The minimum absolute atomic E-state index is 0.0567. The average molecular weight is 336 g/mol. The second-order valence-electron chi connectivity index (χ2n) is 6.78. The maximum atomic E-state index is 12.0. The van der Waals surface area contributed by atoms with E-state index in [0.717, 1.165) is 31.2 Å². The summed E-state index contributed by atoms with van der Waals surface area (Å²) >= 11 is 5.92. The summed E-state index contributed by atoms with van der Waals surface area (Å²) in [4.78, 5) is 14.4. The van der Waals surface area contributed by atoms with Crippen LogP contribution < -0.4 is 10.6 Å². The lowest BCUT2D eigenvalue weighted by molar-refractivity contribution is -0.116. The number of halogens is 1. The van der Waals surface area contributed by atoms with Crippen LogP contribution in [0.25, 0.3) is 0 Å². The Morgan fingerprint density at radius 1 is 1.22 bits per heavy atom. The van der Waals surface area contributed by atoms with E-state index < -0.39 is 0 Å². The topological polar surface area (TPSA) is 44.4 Å². The molecule has 2 aliphatic rings. The third-order valence-corrected chi connectivity index (χ3v) is 4.98. The molecule has 0 aromatic heterocycles. The fourth-order valence-corrected chi connectivity index (χ4v) is 3.26. The quantitative estimate of drug-likeness (QED) is 0.804. The average Bonchev–Trinajstić information content (AvgIpc) is 3.36. The molecule has 0 bridgehead atoms. The Labute approximate surface area is 143 Å². The predicted octanol–water partition coefficient (Wildman–Crippen LogP) is 3.13. The first kappa shape index (κ1) is 16.7. The molecule has 0 radical (unpaired) electrons. The van der Waals surface area contributed by atoms with Crippen LogP contribution >= 0.6 is 11.6 Å². The molecule has 1 saturated heterocycles. The first-order chi connectivity index (χ1) is 11.2. The van der Waals surface area contributed by atoms with Gasteiger partial charge in [0.2, 0.25) is 5.91 Å². The molecule has 5 heteroatoms. The van der Waals surface area contributed by atoms with Gasteiger partial charge in [0.1, 0.15) is 0 Å². The second-order valence-corrected chi connectivity index (χ2v) is 7.21. The molecular formula is C18H26ClN3O. The molecule has 0 spiro atoms. The first-order valence-electron chi connectivity index (χ1n) is 8.70. The Kier molecular flexibility index (Phi) is 5.92. The van der Waals surface area contributed by atoms with Crippen LogP contribution in [-0.2, 0) is 4.79 Å². The molecule has 1 aromatic rings. The Morgan fingerprint density at radius 3 is 2.70 bits per heavy atom. The van der Waals surface area contributed by atoms with Gasteiger partial charge in [0.25, 0.3) is 0 Å². The van der Waals surface area contributed by atoms with E-state index in [9.17, 15) is 4.79 Å². The van der Waals surface area contributed by atoms with Crippen molar-refractivity contribution in [1.29, 1.82) is 0 Å². The van der Waals surface area contributed by atoms with Crippen LogP contribution in [0.1, 0.15) is 32.1 Å². The SMILES string of the molecule is O=C(CCN1CCC(NCC2CC2)CC1)Nc1cccc(Cl)c1. The zero-order valence-electron chi connectivity index (χ0n) is 13.6. The monoisotopic (exact) mass is 335 g/mol. The summed E-state index contributed by atoms with van der Waals surface area (Å²) in [5.74, 6) is 1.00. The van der Waals surface area contributed by atoms with Crippen molar-refractivity contribution in [3.8, 4) is 0 Å². The summed E-state index contributed by atoms with van der Waals surface area (Å²) in [5.41, 5.74) is 0.769. The third kappa shape index (κ3) is 5.79. The van der Waals surface area contributed by atoms with Crippen LogP contribution in [0.5, 0.6) is 0 Å². The minimum atomic E-state index is 0.0567. The molecule has 1 heterocycles. The van der Waals surface area contributed by atoms with E-state index in [0.29, 0.717) is 17.5 Å². The zero-order chi connectivity index (χ0) is 16.1. The van der Waals surface area contributed by atoms with E-state index in [2.05, 4.69) is 15.5 Å². The van der Waals surface area contributed by atoms with Crippen molar-refractivity contribution in [3.63, 3.8) is 0 Å². The largest absolute Gasteiger partial charge is 0.326 e. The predicted molar refractivity (Wildman–Crippen MR) is 94.9 cm³/mol. The van der Waals surface area contributed by atoms with E-state index in [1.54, 1.807) is 12.1 Å². The molecule has 0 unspecified atom stereocenters. The number of piperidine rings is 1. The standard InChI is InChI=1S/C18H26ClN3O/c19-15-2-1-3-17(12-15)21-18(23)8-11-22-9-6-16(7-10-22)20-13-14-4-5-14/h1-3,12,14,16,20H,4-11,13H2,(H,21,23). The van der Waals surface area contributed by atoms with Gasteiger partial charge in [-0.25, -0.2) is 0 Å². The Hall–Kier alpha value is -1.10. The van der Waals surface area contributed by atoms with Gasteiger partial charge in [0.05, 0.1) is 0 Å². The number of rotatable bonds is 7. The second kappa shape index (κ2) is 8.13. The molecule has 2 N–H and O–H groups in total. The minimum Gasteiger partial charge on any atom is -0.326 e. The van der Waals surface area contributed by atoms with Crippen molar-refractivity contribution in [2.24, 2.45) is 5.92 Å². The van der Waals surface area contributed by atoms with Crippen molar-refractivity contribution in [2.75, 3.05) is 31.5 Å². The molecule has 3 rings (SSSR count). The summed E-state index contributed by atoms with van der Waals surface area (Å²) in [6, 6.07) is 7.96. The Bertz CT molecular complexity index is 525. The van der Waals surface area contributed by atoms with Crippen LogP contribution in [0.4, 0.5) is 5.69 Å². The van der Waals surface area contributed by atoms with E-state index in [1.807, 2.05) is 12.1 Å². The number of nitrogens with one attached hydrogen (secondary N) is 2. The molecule has 1 aliphatic heterocycles. The van der Waals surface area contributed by atoms with E-state index in [-0.39, 0.29) is 5.91 Å². The smallest absolute Gasteiger partial charge is 0.225 e. The highest BCUT2D eigenvalue weighted by molar-refractivity contribution is 6.30. The number of benzene rings is 1. The molecule has 1 aliphatic carbocycles. The fraction of sp³-hybridized carbons (Fsp3) is 0.611. The van der Waals surface area contributed by atoms with Gasteiger partial charge in [-0.1, -0.05) is 17.7 Å². The summed E-state index contributed by atoms with van der Waals surface area (Å²) < 4.78 is 0. The molecular weight excluding hydrogens is 310 g/mol. The molecule has 1 saturated carbocycles. The lowest BCUT2D eigenvalue weighted by Crippen LogP contribution is -2.43. The Balaban J connectivity index is 1.31. The number of amides is 1. The third-order valence-electron chi connectivity index (χ3n) is 4.74. The molecule has 4 nitrogen and oxygen atoms in total. The van der Waals surface area contributed by atoms with Crippen molar-refractivity contribution < 1.29 is 4.79 Å². The highest BCUT2D eigenvalue weighted by Crippen LogP contribution is 2.28. The van der Waals surface area contributed by atoms with Gasteiger partial charge in [-0.05, 0) is 69.4 Å². The number of likely N-dealkylation sites (tertiary alicyclic amines) is 1. The summed E-state index contributed by atoms with van der Waals surface area (Å²) in [6.45, 7) is 4.22. The van der Waals surface area contributed by atoms with Crippen molar-refractivity contribution >= 4 is 23.2 Å². The molecule has 1 aromatic carbocycles. The van der Waals surface area contributed by atoms with Gasteiger partial charge in [-0.3, -0.25) is 4.79 Å². The van der Waals surface area contributed by atoms with E-state index in [1.165, 1.54) is 32.2 Å². The van der Waals surface area contributed by atoms with Crippen molar-refractivity contribution in [3.05, 3.63) is 29.3 Å². The maximum Gasteiger partial charge on any atom is 0.225 e. The number of carbonyl (C=O) groups excluding carboxylic acids is 1. The zero-order valence-corrected chi connectivity index (χ0v) is 14.3. The molecule has 126 valence electrons. The summed E-state index contributed by atoms with van der Waals surface area (Å²) in [6.07, 6.45) is 5.75. The van der Waals surface area contributed by atoms with E-state index >= 15 is 0 Å². The molecule has 23 heavy (non-hydrogen) atoms. The lowest BCUT2D eigenvalue weighted by atomic mass is 10.0. The summed E-state index contributed by atoms with van der Waals surface area (Å²) in [7, 11) is 0. The van der Waals surface area contributed by atoms with Gasteiger partial charge in [-0.2, -0.15) is 0 Å². The van der Waals surface area contributed by atoms with Crippen LogP contribution in [0.2, 0.25) is 5.02 Å². The Morgan fingerprint density at radius 2 is 2.00 bits per heavy atom. The van der Waals surface area contributed by atoms with Gasteiger partial charge in [-0.15, -0.1) is 0 Å². The van der Waals surface area contributed by atoms with Crippen LogP contribution in [0.15, 0.2) is 24.3 Å². The molecule has 0 atom stereocenters. The van der Waals surface area contributed by atoms with Crippen molar-refractivity contribution in [2.45, 2.75) is 38.1 Å². The van der Waals surface area contributed by atoms with Crippen molar-refractivity contribution in [1.82, 2.24) is 10.2 Å².